The second-order valence-corrected chi connectivity index (χ2v) is 6.08. The minimum atomic E-state index is -0.290. The number of halogens is 1. The zero-order valence-corrected chi connectivity index (χ0v) is 16.7. The van der Waals surface area contributed by atoms with Gasteiger partial charge in [0.2, 0.25) is 0 Å². The first-order chi connectivity index (χ1) is 13.0. The van der Waals surface area contributed by atoms with E-state index in [0.717, 1.165) is 12.0 Å². The van der Waals surface area contributed by atoms with Crippen LogP contribution in [0.15, 0.2) is 30.3 Å². The molecule has 0 saturated heterocycles. The van der Waals surface area contributed by atoms with Gasteiger partial charge in [0.25, 0.3) is 5.91 Å². The van der Waals surface area contributed by atoms with E-state index in [-0.39, 0.29) is 12.5 Å². The molecule has 0 bridgehead atoms. The predicted molar refractivity (Wildman–Crippen MR) is 105 cm³/mol. The van der Waals surface area contributed by atoms with Gasteiger partial charge in [-0.2, -0.15) is 0 Å². The number of hydrogen-bond acceptors (Lipinski definition) is 5. The first-order valence-corrected chi connectivity index (χ1v) is 8.91. The van der Waals surface area contributed by atoms with Gasteiger partial charge in [-0.25, -0.2) is 0 Å². The van der Waals surface area contributed by atoms with Crippen molar-refractivity contribution >= 4 is 17.5 Å². The molecular formula is C20H24ClNO5. The number of rotatable bonds is 9. The molecule has 0 atom stereocenters. The van der Waals surface area contributed by atoms with E-state index < -0.39 is 0 Å². The van der Waals surface area contributed by atoms with Crippen molar-refractivity contribution in [2.75, 3.05) is 27.9 Å². The second-order valence-electron chi connectivity index (χ2n) is 5.67. The summed E-state index contributed by atoms with van der Waals surface area (Å²) in [6.45, 7) is 2.78. The van der Waals surface area contributed by atoms with E-state index in [1.54, 1.807) is 32.4 Å². The van der Waals surface area contributed by atoms with Crippen molar-refractivity contribution in [3.63, 3.8) is 0 Å². The fraction of sp³-hybridized carbons (Fsp3) is 0.350. The molecule has 0 unspecified atom stereocenters. The number of carbonyl (C=O) groups excluding carboxylic acids is 1. The Morgan fingerprint density at radius 2 is 1.78 bits per heavy atom. The van der Waals surface area contributed by atoms with Crippen molar-refractivity contribution in [1.82, 2.24) is 5.32 Å². The van der Waals surface area contributed by atoms with E-state index in [0.29, 0.717) is 40.2 Å². The monoisotopic (exact) mass is 393 g/mol. The molecule has 27 heavy (non-hydrogen) atoms. The van der Waals surface area contributed by atoms with E-state index in [4.69, 9.17) is 30.5 Å². The van der Waals surface area contributed by atoms with E-state index >= 15 is 0 Å². The smallest absolute Gasteiger partial charge is 0.251 e. The van der Waals surface area contributed by atoms with Crippen LogP contribution in [0.25, 0.3) is 0 Å². The predicted octanol–water partition coefficient (Wildman–Crippen LogP) is 4.08. The van der Waals surface area contributed by atoms with Gasteiger partial charge in [-0.1, -0.05) is 30.7 Å². The number of methoxy groups -OCH3 is 3. The maximum Gasteiger partial charge on any atom is 0.251 e. The lowest BCUT2D eigenvalue weighted by Gasteiger charge is -2.15. The molecule has 2 rings (SSSR count). The normalized spacial score (nSPS) is 10.3. The highest BCUT2D eigenvalue weighted by Crippen LogP contribution is 2.36. The molecule has 1 N–H and O–H groups in total. The topological polar surface area (TPSA) is 66.0 Å². The Kier molecular flexibility index (Phi) is 7.61. The summed E-state index contributed by atoms with van der Waals surface area (Å²) in [7, 11) is 4.63. The molecule has 0 radical (unpaired) electrons. The van der Waals surface area contributed by atoms with Crippen molar-refractivity contribution in [2.24, 2.45) is 0 Å². The molecule has 2 aromatic rings. The van der Waals surface area contributed by atoms with Gasteiger partial charge in [0.15, 0.2) is 23.0 Å². The summed E-state index contributed by atoms with van der Waals surface area (Å²) >= 11 is 6.28. The zero-order chi connectivity index (χ0) is 19.8. The lowest BCUT2D eigenvalue weighted by Crippen LogP contribution is -2.23. The Morgan fingerprint density at radius 1 is 1.04 bits per heavy atom. The number of carbonyl (C=O) groups is 1. The molecular weight excluding hydrogens is 370 g/mol. The van der Waals surface area contributed by atoms with Crippen molar-refractivity contribution in [1.29, 1.82) is 0 Å². The average molecular weight is 394 g/mol. The first-order valence-electron chi connectivity index (χ1n) is 8.54. The van der Waals surface area contributed by atoms with E-state index in [1.807, 2.05) is 19.1 Å². The SMILES string of the molecule is CCCOc1c(Cl)cc(C(=O)NCc2cccc(OC)c2OC)cc1OC. The third-order valence-corrected chi connectivity index (χ3v) is 4.15. The van der Waals surface area contributed by atoms with Crippen LogP contribution in [0, 0.1) is 0 Å². The third kappa shape index (κ3) is 4.98. The first kappa shape index (κ1) is 20.7. The van der Waals surface area contributed by atoms with Gasteiger partial charge in [-0.3, -0.25) is 4.79 Å². The highest BCUT2D eigenvalue weighted by molar-refractivity contribution is 6.32. The lowest BCUT2D eigenvalue weighted by atomic mass is 10.1. The van der Waals surface area contributed by atoms with Crippen molar-refractivity contribution in [3.05, 3.63) is 46.5 Å². The summed E-state index contributed by atoms with van der Waals surface area (Å²) in [5.41, 5.74) is 1.17. The van der Waals surface area contributed by atoms with Gasteiger partial charge in [-0.05, 0) is 24.6 Å². The molecule has 0 spiro atoms. The fourth-order valence-corrected chi connectivity index (χ4v) is 2.83. The molecule has 0 aliphatic rings. The molecule has 2 aromatic carbocycles. The van der Waals surface area contributed by atoms with Crippen LogP contribution >= 0.6 is 11.6 Å². The summed E-state index contributed by atoms with van der Waals surface area (Å²) in [5, 5.41) is 3.18. The van der Waals surface area contributed by atoms with Crippen LogP contribution in [-0.4, -0.2) is 33.8 Å². The lowest BCUT2D eigenvalue weighted by molar-refractivity contribution is 0.0950. The number of amides is 1. The number of hydrogen-bond donors (Lipinski definition) is 1. The summed E-state index contributed by atoms with van der Waals surface area (Å²) in [4.78, 5) is 12.6. The van der Waals surface area contributed by atoms with Crippen LogP contribution < -0.4 is 24.3 Å². The molecule has 6 nitrogen and oxygen atoms in total. The molecule has 146 valence electrons. The zero-order valence-electron chi connectivity index (χ0n) is 15.9. The summed E-state index contributed by atoms with van der Waals surface area (Å²) < 4.78 is 21.6. The standard InChI is InChI=1S/C20H24ClNO5/c1-5-9-27-19-15(21)10-14(11-17(19)25-3)20(23)22-12-13-7-6-8-16(24-2)18(13)26-4/h6-8,10-11H,5,9,12H2,1-4H3,(H,22,23). The summed E-state index contributed by atoms with van der Waals surface area (Å²) in [6, 6.07) is 8.66. The molecule has 0 aliphatic heterocycles. The van der Waals surface area contributed by atoms with Gasteiger partial charge in [0.1, 0.15) is 0 Å². The number of benzene rings is 2. The number of nitrogens with one attached hydrogen (secondary N) is 1. The molecule has 0 aromatic heterocycles. The van der Waals surface area contributed by atoms with Gasteiger partial charge in [0.05, 0.1) is 33.0 Å². The van der Waals surface area contributed by atoms with Crippen LogP contribution in [-0.2, 0) is 6.54 Å². The van der Waals surface area contributed by atoms with Crippen LogP contribution in [0.4, 0.5) is 0 Å². The maximum absolute atomic E-state index is 12.6. The third-order valence-electron chi connectivity index (χ3n) is 3.87. The maximum atomic E-state index is 12.6. The minimum absolute atomic E-state index is 0.271. The Morgan fingerprint density at radius 3 is 2.41 bits per heavy atom. The number of para-hydroxylation sites is 1. The number of ether oxygens (including phenoxy) is 4. The Bertz CT molecular complexity index is 794. The molecule has 0 saturated carbocycles. The highest BCUT2D eigenvalue weighted by atomic mass is 35.5. The van der Waals surface area contributed by atoms with Crippen molar-refractivity contribution < 1.29 is 23.7 Å². The summed E-state index contributed by atoms with van der Waals surface area (Å²) in [6.07, 6.45) is 0.837. The quantitative estimate of drug-likeness (QED) is 0.695. The van der Waals surface area contributed by atoms with Gasteiger partial charge < -0.3 is 24.3 Å². The van der Waals surface area contributed by atoms with Gasteiger partial charge in [-0.15, -0.1) is 0 Å². The largest absolute Gasteiger partial charge is 0.493 e. The van der Waals surface area contributed by atoms with Crippen LogP contribution in [0.5, 0.6) is 23.0 Å². The Hall–Kier alpha value is -2.60. The van der Waals surface area contributed by atoms with E-state index in [2.05, 4.69) is 5.32 Å². The van der Waals surface area contributed by atoms with Crippen LogP contribution in [0.3, 0.4) is 0 Å². The van der Waals surface area contributed by atoms with Gasteiger partial charge >= 0.3 is 0 Å². The van der Waals surface area contributed by atoms with Crippen molar-refractivity contribution in [3.8, 4) is 23.0 Å². The minimum Gasteiger partial charge on any atom is -0.493 e. The van der Waals surface area contributed by atoms with Crippen molar-refractivity contribution in [2.45, 2.75) is 19.9 Å². The second kappa shape index (κ2) is 9.92. The summed E-state index contributed by atoms with van der Waals surface area (Å²) in [5.74, 6) is 1.75. The Labute approximate surface area is 164 Å². The molecule has 7 heteroatoms. The average Bonchev–Trinajstić information content (AvgIpc) is 2.69. The fourth-order valence-electron chi connectivity index (χ4n) is 2.57. The van der Waals surface area contributed by atoms with Crippen LogP contribution in [0.1, 0.15) is 29.3 Å². The molecule has 0 heterocycles. The highest BCUT2D eigenvalue weighted by Gasteiger charge is 2.17. The molecule has 0 aliphatic carbocycles. The van der Waals surface area contributed by atoms with E-state index in [9.17, 15) is 4.79 Å². The van der Waals surface area contributed by atoms with Crippen LogP contribution in [0.2, 0.25) is 5.02 Å². The molecule has 0 fully saturated rings. The Balaban J connectivity index is 2.18. The van der Waals surface area contributed by atoms with E-state index in [1.165, 1.54) is 7.11 Å². The van der Waals surface area contributed by atoms with Gasteiger partial charge in [0, 0.05) is 17.7 Å². The molecule has 1 amide bonds.